The van der Waals surface area contributed by atoms with Crippen LogP contribution in [0.2, 0.25) is 0 Å². The van der Waals surface area contributed by atoms with Gasteiger partial charge in [-0.1, -0.05) is 63.2 Å². The summed E-state index contributed by atoms with van der Waals surface area (Å²) in [4.78, 5) is 2.37. The molecule has 4 heteroatoms. The van der Waals surface area contributed by atoms with Gasteiger partial charge in [0.05, 0.1) is 12.5 Å². The molecular formula is C37H44N4+2. The van der Waals surface area contributed by atoms with Crippen molar-refractivity contribution >= 4 is 22.8 Å². The molecule has 2 aromatic carbocycles. The van der Waals surface area contributed by atoms with Crippen LogP contribution in [0.1, 0.15) is 58.6 Å². The molecule has 3 aromatic rings. The van der Waals surface area contributed by atoms with Gasteiger partial charge in [0.2, 0.25) is 12.0 Å². The monoisotopic (exact) mass is 544 g/mol. The minimum absolute atomic E-state index is 0.0422. The predicted molar refractivity (Wildman–Crippen MR) is 171 cm³/mol. The van der Waals surface area contributed by atoms with Crippen LogP contribution in [0.4, 0.5) is 11.4 Å². The highest BCUT2D eigenvalue weighted by Crippen LogP contribution is 2.47. The predicted octanol–water partition coefficient (Wildman–Crippen LogP) is 7.45. The molecule has 0 spiro atoms. The third-order valence-electron chi connectivity index (χ3n) is 9.54. The summed E-state index contributed by atoms with van der Waals surface area (Å²) in [5.41, 5.74) is 12.1. The van der Waals surface area contributed by atoms with E-state index in [1.807, 2.05) is 0 Å². The van der Waals surface area contributed by atoms with Crippen LogP contribution in [-0.4, -0.2) is 28.9 Å². The lowest BCUT2D eigenvalue weighted by molar-refractivity contribution is -0.670. The van der Waals surface area contributed by atoms with Gasteiger partial charge in [-0.05, 0) is 62.0 Å². The number of hydrogen-bond acceptors (Lipinski definition) is 1. The summed E-state index contributed by atoms with van der Waals surface area (Å²) in [7, 11) is 6.50. The second kappa shape index (κ2) is 9.87. The van der Waals surface area contributed by atoms with Gasteiger partial charge in [-0.2, -0.15) is 4.58 Å². The molecule has 1 unspecified atom stereocenters. The van der Waals surface area contributed by atoms with Crippen LogP contribution in [0.15, 0.2) is 108 Å². The van der Waals surface area contributed by atoms with E-state index in [9.17, 15) is 0 Å². The second-order valence-corrected chi connectivity index (χ2v) is 13.2. The van der Waals surface area contributed by atoms with Gasteiger partial charge in [0.15, 0.2) is 5.71 Å². The molecule has 0 fully saturated rings. The summed E-state index contributed by atoms with van der Waals surface area (Å²) < 4.78 is 6.81. The second-order valence-electron chi connectivity index (χ2n) is 13.2. The number of anilines is 1. The Balaban J connectivity index is 1.46. The molecule has 0 bridgehead atoms. The molecule has 210 valence electrons. The molecule has 6 rings (SSSR count). The lowest BCUT2D eigenvalue weighted by atomic mass is 9.80. The molecule has 0 radical (unpaired) electrons. The molecule has 3 aliphatic rings. The molecule has 0 saturated carbocycles. The van der Waals surface area contributed by atoms with E-state index in [1.165, 1.54) is 50.8 Å². The van der Waals surface area contributed by atoms with Crippen LogP contribution in [0.3, 0.4) is 0 Å². The summed E-state index contributed by atoms with van der Waals surface area (Å²) in [6.45, 7) is 11.8. The fourth-order valence-corrected chi connectivity index (χ4v) is 7.39. The first kappa shape index (κ1) is 27.3. The smallest absolute Gasteiger partial charge is 0.248 e. The standard InChI is InChI=1S/C37H44N4/c1-26-23-27(17-19-33-36(2,3)29-13-9-11-15-31(29)39(33)7)35(41-22-21-38(6)25-41)28(24-26)18-20-34-37(4,5)30-14-10-12-16-32(30)40(34)8/h9-22,25-26H,23-24H2,1-8H3/q+2. The lowest BCUT2D eigenvalue weighted by Gasteiger charge is -2.26. The number of benzene rings is 2. The van der Waals surface area contributed by atoms with E-state index in [2.05, 4.69) is 166 Å². The van der Waals surface area contributed by atoms with Gasteiger partial charge in [-0.15, -0.1) is 0 Å². The highest BCUT2D eigenvalue weighted by Gasteiger charge is 2.43. The van der Waals surface area contributed by atoms with Crippen molar-refractivity contribution in [3.05, 3.63) is 120 Å². The molecule has 4 nitrogen and oxygen atoms in total. The summed E-state index contributed by atoms with van der Waals surface area (Å²) >= 11 is 0. The zero-order valence-corrected chi connectivity index (χ0v) is 25.9. The van der Waals surface area contributed by atoms with E-state index in [1.54, 1.807) is 0 Å². The summed E-state index contributed by atoms with van der Waals surface area (Å²) in [5, 5.41) is 0. The van der Waals surface area contributed by atoms with Crippen LogP contribution >= 0.6 is 0 Å². The number of allylic oxidation sites excluding steroid dienone is 8. The van der Waals surface area contributed by atoms with Crippen molar-refractivity contribution in [2.24, 2.45) is 13.0 Å². The average Bonchev–Trinajstić information content (AvgIpc) is 3.51. The number of imidazole rings is 1. The summed E-state index contributed by atoms with van der Waals surface area (Å²) in [5.74, 6) is 0.565. The Bertz CT molecular complexity index is 1680. The molecule has 0 saturated heterocycles. The fourth-order valence-electron chi connectivity index (χ4n) is 7.39. The average molecular weight is 545 g/mol. The van der Waals surface area contributed by atoms with Gasteiger partial charge in [0.1, 0.15) is 25.1 Å². The van der Waals surface area contributed by atoms with E-state index in [0.717, 1.165) is 12.8 Å². The number of rotatable bonds is 4. The molecule has 3 heterocycles. The van der Waals surface area contributed by atoms with Gasteiger partial charge in [-0.25, -0.2) is 9.13 Å². The Morgan fingerprint density at radius 2 is 1.56 bits per heavy atom. The van der Waals surface area contributed by atoms with E-state index >= 15 is 0 Å². The maximum atomic E-state index is 2.40. The fraction of sp³-hybridized carbons (Fsp3) is 0.351. The van der Waals surface area contributed by atoms with Crippen LogP contribution < -0.4 is 9.47 Å². The normalized spacial score (nSPS) is 23.3. The van der Waals surface area contributed by atoms with Crippen molar-refractivity contribution in [1.29, 1.82) is 0 Å². The Morgan fingerprint density at radius 3 is 2.24 bits per heavy atom. The zero-order valence-electron chi connectivity index (χ0n) is 25.9. The van der Waals surface area contributed by atoms with Gasteiger partial charge in [-0.3, -0.25) is 0 Å². The Morgan fingerprint density at radius 1 is 0.854 bits per heavy atom. The third-order valence-corrected chi connectivity index (χ3v) is 9.54. The minimum Gasteiger partial charge on any atom is -0.347 e. The van der Waals surface area contributed by atoms with Crippen molar-refractivity contribution in [2.45, 2.75) is 58.3 Å². The van der Waals surface area contributed by atoms with Crippen LogP contribution in [-0.2, 0) is 17.9 Å². The van der Waals surface area contributed by atoms with Crippen LogP contribution in [0, 0.1) is 5.92 Å². The number of likely N-dealkylation sites (N-methyl/N-ethyl adjacent to an activating group) is 1. The highest BCUT2D eigenvalue weighted by molar-refractivity contribution is 6.03. The van der Waals surface area contributed by atoms with Crippen molar-refractivity contribution in [2.75, 3.05) is 19.0 Å². The molecule has 0 amide bonds. The Kier molecular flexibility index (Phi) is 6.56. The van der Waals surface area contributed by atoms with Gasteiger partial charge >= 0.3 is 0 Å². The molecule has 2 aliphatic heterocycles. The van der Waals surface area contributed by atoms with Crippen molar-refractivity contribution < 1.29 is 9.14 Å². The number of fused-ring (bicyclic) bond motifs is 2. The molecule has 1 aromatic heterocycles. The van der Waals surface area contributed by atoms with Crippen LogP contribution in [0.5, 0.6) is 0 Å². The zero-order chi connectivity index (χ0) is 29.1. The van der Waals surface area contributed by atoms with E-state index in [-0.39, 0.29) is 10.8 Å². The molecular weight excluding hydrogens is 500 g/mol. The molecule has 0 N–H and O–H groups in total. The maximum absolute atomic E-state index is 2.40. The Hall–Kier alpha value is -3.92. The first-order valence-corrected chi connectivity index (χ1v) is 14.9. The number of aryl methyl sites for hydroxylation is 1. The van der Waals surface area contributed by atoms with Crippen LogP contribution in [0.25, 0.3) is 5.70 Å². The topological polar surface area (TPSA) is 15.1 Å². The molecule has 41 heavy (non-hydrogen) atoms. The van der Waals surface area contributed by atoms with E-state index in [0.29, 0.717) is 5.92 Å². The summed E-state index contributed by atoms with van der Waals surface area (Å²) in [6.07, 6.45) is 18.2. The lowest BCUT2D eigenvalue weighted by Crippen LogP contribution is -2.26. The maximum Gasteiger partial charge on any atom is 0.248 e. The largest absolute Gasteiger partial charge is 0.347 e. The highest BCUT2D eigenvalue weighted by atomic mass is 15.2. The number of nitrogens with zero attached hydrogens (tertiary/aromatic N) is 4. The first-order chi connectivity index (χ1) is 19.5. The summed E-state index contributed by atoms with van der Waals surface area (Å²) in [6, 6.07) is 17.6. The third kappa shape index (κ3) is 4.45. The van der Waals surface area contributed by atoms with Gasteiger partial charge in [0.25, 0.3) is 0 Å². The van der Waals surface area contributed by atoms with Crippen molar-refractivity contribution in [1.82, 2.24) is 4.57 Å². The molecule has 1 aliphatic carbocycles. The number of aromatic nitrogens is 2. The SMILES string of the molecule is CC1CC(/C=C/C2=[N+](C)c3ccccc3C2(C)C)=C(n2cc[n+](C)c2)C(=C/C=C2/N(C)c3ccccc3C2(C)C)/C1. The first-order valence-electron chi connectivity index (χ1n) is 14.9. The van der Waals surface area contributed by atoms with E-state index < -0.39 is 0 Å². The van der Waals surface area contributed by atoms with E-state index in [4.69, 9.17) is 0 Å². The van der Waals surface area contributed by atoms with Crippen molar-refractivity contribution in [3.63, 3.8) is 0 Å². The van der Waals surface area contributed by atoms with Crippen molar-refractivity contribution in [3.8, 4) is 0 Å². The number of para-hydroxylation sites is 2. The quantitative estimate of drug-likeness (QED) is 0.311. The van der Waals surface area contributed by atoms with Gasteiger partial charge in [0, 0.05) is 47.1 Å². The van der Waals surface area contributed by atoms with Gasteiger partial charge < -0.3 is 4.90 Å². The minimum atomic E-state index is -0.0422. The Labute approximate surface area is 246 Å². The number of hydrogen-bond donors (Lipinski definition) is 0. The molecule has 1 atom stereocenters.